The van der Waals surface area contributed by atoms with Crippen LogP contribution in [0.25, 0.3) is 11.3 Å². The van der Waals surface area contributed by atoms with Gasteiger partial charge in [-0.15, -0.1) is 0 Å². The summed E-state index contributed by atoms with van der Waals surface area (Å²) >= 11 is 0. The van der Waals surface area contributed by atoms with E-state index < -0.39 is 0 Å². The maximum Gasteiger partial charge on any atom is 0.167 e. The third-order valence-electron chi connectivity index (χ3n) is 3.44. The molecular formula is C15H19N3O. The Labute approximate surface area is 113 Å². The second-order valence-electron chi connectivity index (χ2n) is 4.93. The number of benzene rings is 1. The van der Waals surface area contributed by atoms with Crippen LogP contribution in [0.1, 0.15) is 12.1 Å². The van der Waals surface area contributed by atoms with E-state index in [0.717, 1.165) is 49.7 Å². The first-order chi connectivity index (χ1) is 9.42. The van der Waals surface area contributed by atoms with Gasteiger partial charge < -0.3 is 9.84 Å². The van der Waals surface area contributed by atoms with E-state index in [2.05, 4.69) is 15.4 Å². The molecule has 0 amide bonds. The summed E-state index contributed by atoms with van der Waals surface area (Å²) in [7, 11) is 0. The van der Waals surface area contributed by atoms with E-state index in [1.165, 1.54) is 6.42 Å². The first-order valence-corrected chi connectivity index (χ1v) is 6.86. The van der Waals surface area contributed by atoms with Crippen molar-refractivity contribution in [1.29, 1.82) is 0 Å². The normalized spacial score (nSPS) is 17.3. The van der Waals surface area contributed by atoms with Gasteiger partial charge in [-0.3, -0.25) is 4.90 Å². The molecule has 1 saturated heterocycles. The van der Waals surface area contributed by atoms with Crippen molar-refractivity contribution in [2.75, 3.05) is 26.2 Å². The lowest BCUT2D eigenvalue weighted by Gasteiger charge is -2.17. The van der Waals surface area contributed by atoms with Crippen molar-refractivity contribution in [2.45, 2.75) is 13.0 Å². The van der Waals surface area contributed by atoms with Crippen LogP contribution in [0.3, 0.4) is 0 Å². The summed E-state index contributed by atoms with van der Waals surface area (Å²) in [5.74, 6) is 0.851. The van der Waals surface area contributed by atoms with Crippen LogP contribution in [0.2, 0.25) is 0 Å². The quantitative estimate of drug-likeness (QED) is 0.914. The lowest BCUT2D eigenvalue weighted by molar-refractivity contribution is 0.274. The Morgan fingerprint density at radius 1 is 1.16 bits per heavy atom. The molecule has 0 spiro atoms. The number of nitrogens with one attached hydrogen (secondary N) is 1. The Morgan fingerprint density at radius 2 is 2.05 bits per heavy atom. The largest absolute Gasteiger partial charge is 0.356 e. The molecule has 4 nitrogen and oxygen atoms in total. The average molecular weight is 257 g/mol. The summed E-state index contributed by atoms with van der Waals surface area (Å²) in [6.07, 6.45) is 1.20. The monoisotopic (exact) mass is 257 g/mol. The van der Waals surface area contributed by atoms with E-state index in [1.54, 1.807) is 0 Å². The maximum atomic E-state index is 5.43. The van der Waals surface area contributed by atoms with Gasteiger partial charge in [0, 0.05) is 31.3 Å². The molecule has 2 heterocycles. The zero-order valence-electron chi connectivity index (χ0n) is 11.0. The Bertz CT molecular complexity index is 501. The van der Waals surface area contributed by atoms with Crippen molar-refractivity contribution in [3.8, 4) is 11.3 Å². The van der Waals surface area contributed by atoms with Crippen molar-refractivity contribution >= 4 is 0 Å². The Morgan fingerprint density at radius 3 is 2.95 bits per heavy atom. The first-order valence-electron chi connectivity index (χ1n) is 6.86. The van der Waals surface area contributed by atoms with Gasteiger partial charge >= 0.3 is 0 Å². The molecule has 1 aliphatic rings. The van der Waals surface area contributed by atoms with Gasteiger partial charge in [-0.2, -0.15) is 0 Å². The molecule has 0 atom stereocenters. The molecule has 0 aliphatic carbocycles. The zero-order chi connectivity index (χ0) is 12.9. The molecule has 1 aliphatic heterocycles. The second kappa shape index (κ2) is 5.99. The molecule has 1 aromatic carbocycles. The van der Waals surface area contributed by atoms with E-state index in [9.17, 15) is 0 Å². The third-order valence-corrected chi connectivity index (χ3v) is 3.44. The highest BCUT2D eigenvalue weighted by molar-refractivity contribution is 5.56. The third kappa shape index (κ3) is 3.22. The van der Waals surface area contributed by atoms with Crippen molar-refractivity contribution in [3.05, 3.63) is 42.1 Å². The van der Waals surface area contributed by atoms with Gasteiger partial charge in [0.25, 0.3) is 0 Å². The fraction of sp³-hybridized carbons (Fsp3) is 0.400. The Hall–Kier alpha value is -1.65. The van der Waals surface area contributed by atoms with Crippen molar-refractivity contribution < 1.29 is 4.52 Å². The van der Waals surface area contributed by atoms with E-state index in [-0.39, 0.29) is 0 Å². The average Bonchev–Trinajstić information content (AvgIpc) is 2.76. The van der Waals surface area contributed by atoms with E-state index in [0.29, 0.717) is 0 Å². The van der Waals surface area contributed by atoms with Crippen LogP contribution >= 0.6 is 0 Å². The van der Waals surface area contributed by atoms with Crippen molar-refractivity contribution in [1.82, 2.24) is 15.4 Å². The summed E-state index contributed by atoms with van der Waals surface area (Å²) < 4.78 is 5.43. The molecule has 0 bridgehead atoms. The van der Waals surface area contributed by atoms with Gasteiger partial charge in [0.1, 0.15) is 0 Å². The van der Waals surface area contributed by atoms with Gasteiger partial charge in [0.2, 0.25) is 0 Å². The van der Waals surface area contributed by atoms with Gasteiger partial charge in [-0.1, -0.05) is 35.5 Å². The van der Waals surface area contributed by atoms with Crippen LogP contribution in [0.4, 0.5) is 0 Å². The molecule has 1 aromatic heterocycles. The van der Waals surface area contributed by atoms with E-state index >= 15 is 0 Å². The summed E-state index contributed by atoms with van der Waals surface area (Å²) in [5, 5.41) is 7.59. The summed E-state index contributed by atoms with van der Waals surface area (Å²) in [6.45, 7) is 5.25. The molecule has 3 rings (SSSR count). The van der Waals surface area contributed by atoms with Crippen LogP contribution in [-0.4, -0.2) is 36.2 Å². The maximum absolute atomic E-state index is 5.43. The SMILES string of the molecule is c1ccc(-c2cc(CN3CCCNCC3)no2)cc1. The molecule has 1 fully saturated rings. The van der Waals surface area contributed by atoms with Crippen LogP contribution in [-0.2, 0) is 6.54 Å². The molecular weight excluding hydrogens is 238 g/mol. The fourth-order valence-electron chi connectivity index (χ4n) is 2.41. The van der Waals surface area contributed by atoms with Gasteiger partial charge in [0.05, 0.1) is 5.69 Å². The Kier molecular flexibility index (Phi) is 3.91. The predicted molar refractivity (Wildman–Crippen MR) is 74.7 cm³/mol. The summed E-state index contributed by atoms with van der Waals surface area (Å²) in [5.41, 5.74) is 2.10. The number of hydrogen-bond acceptors (Lipinski definition) is 4. The van der Waals surface area contributed by atoms with Gasteiger partial charge in [-0.05, 0) is 19.5 Å². The molecule has 0 saturated carbocycles. The predicted octanol–water partition coefficient (Wildman–Crippen LogP) is 2.14. The molecule has 19 heavy (non-hydrogen) atoms. The molecule has 100 valence electrons. The second-order valence-corrected chi connectivity index (χ2v) is 4.93. The van der Waals surface area contributed by atoms with Crippen molar-refractivity contribution in [2.24, 2.45) is 0 Å². The lowest BCUT2D eigenvalue weighted by Crippen LogP contribution is -2.27. The highest BCUT2D eigenvalue weighted by Gasteiger charge is 2.12. The highest BCUT2D eigenvalue weighted by atomic mass is 16.5. The van der Waals surface area contributed by atoms with Crippen LogP contribution < -0.4 is 5.32 Å². The topological polar surface area (TPSA) is 41.3 Å². The minimum Gasteiger partial charge on any atom is -0.356 e. The molecule has 4 heteroatoms. The first kappa shape index (κ1) is 12.4. The fourth-order valence-corrected chi connectivity index (χ4v) is 2.41. The highest BCUT2D eigenvalue weighted by Crippen LogP contribution is 2.20. The number of rotatable bonds is 3. The number of hydrogen-bond donors (Lipinski definition) is 1. The van der Waals surface area contributed by atoms with Crippen LogP contribution in [0, 0.1) is 0 Å². The molecule has 0 unspecified atom stereocenters. The van der Waals surface area contributed by atoms with E-state index in [4.69, 9.17) is 4.52 Å². The minimum absolute atomic E-state index is 0.851. The van der Waals surface area contributed by atoms with Gasteiger partial charge in [0.15, 0.2) is 5.76 Å². The molecule has 0 radical (unpaired) electrons. The van der Waals surface area contributed by atoms with Crippen LogP contribution in [0.5, 0.6) is 0 Å². The standard InChI is InChI=1S/C15H19N3O/c1-2-5-13(6-3-1)15-11-14(17-19-15)12-18-9-4-7-16-8-10-18/h1-3,5-6,11,16H,4,7-10,12H2. The van der Waals surface area contributed by atoms with Crippen LogP contribution in [0.15, 0.2) is 40.9 Å². The summed E-state index contributed by atoms with van der Waals surface area (Å²) in [4.78, 5) is 2.42. The van der Waals surface area contributed by atoms with Crippen molar-refractivity contribution in [3.63, 3.8) is 0 Å². The van der Waals surface area contributed by atoms with Gasteiger partial charge in [-0.25, -0.2) is 0 Å². The summed E-state index contributed by atoms with van der Waals surface area (Å²) in [6, 6.07) is 12.2. The molecule has 1 N–H and O–H groups in total. The molecule has 2 aromatic rings. The smallest absolute Gasteiger partial charge is 0.167 e. The zero-order valence-corrected chi connectivity index (χ0v) is 11.0. The van der Waals surface area contributed by atoms with E-state index in [1.807, 2.05) is 36.4 Å². The Balaban J connectivity index is 1.68. The minimum atomic E-state index is 0.851. The lowest BCUT2D eigenvalue weighted by atomic mass is 10.1. The number of nitrogens with zero attached hydrogens (tertiary/aromatic N) is 2. The number of aromatic nitrogens is 1.